The van der Waals surface area contributed by atoms with Gasteiger partial charge in [0.25, 0.3) is 0 Å². The summed E-state index contributed by atoms with van der Waals surface area (Å²) in [6.45, 7) is 0. The molecule has 9 rings (SSSR count). The van der Waals surface area contributed by atoms with Gasteiger partial charge in [-0.05, 0) is 42.0 Å². The van der Waals surface area contributed by atoms with Crippen molar-refractivity contribution in [3.05, 3.63) is 162 Å². The average Bonchev–Trinajstić information content (AvgIpc) is 3.63. The van der Waals surface area contributed by atoms with Crippen LogP contribution in [0.25, 0.3) is 47.7 Å². The summed E-state index contributed by atoms with van der Waals surface area (Å²) in [6, 6.07) is 51.7. The molecule has 0 radical (unpaired) electrons. The summed E-state index contributed by atoms with van der Waals surface area (Å²) in [4.78, 5) is 12.6. The molecule has 3 heterocycles. The molecular weight excluding hydrogens is 569 g/mol. The number of aromatic nitrogens is 1. The summed E-state index contributed by atoms with van der Waals surface area (Å²) in [5.74, 6) is 1.64. The van der Waals surface area contributed by atoms with E-state index < -0.39 is 0 Å². The standard InChI is InChI=1S/C40H28N4S/c1-43-39(26-13-4-2-5-14-26)41-38(42-40(43)27-15-6-3-7-16-27)28-17-12-18-29(23-28)44-34-21-10-8-19-30(34)32-24-33-31-20-9-11-22-36(31)45-37(33)25-35(32)44/h2-25,39H,1H3. The molecule has 214 valence electrons. The van der Waals surface area contributed by atoms with E-state index in [9.17, 15) is 0 Å². The zero-order valence-corrected chi connectivity index (χ0v) is 25.4. The highest BCUT2D eigenvalue weighted by atomic mass is 32.1. The van der Waals surface area contributed by atoms with E-state index in [0.717, 1.165) is 34.0 Å². The average molecular weight is 597 g/mol. The van der Waals surface area contributed by atoms with Crippen LogP contribution in [0.5, 0.6) is 0 Å². The summed E-state index contributed by atoms with van der Waals surface area (Å²) < 4.78 is 5.01. The van der Waals surface area contributed by atoms with Gasteiger partial charge >= 0.3 is 0 Å². The maximum Gasteiger partial charge on any atom is 0.159 e. The summed E-state index contributed by atoms with van der Waals surface area (Å²) >= 11 is 1.86. The zero-order valence-electron chi connectivity index (χ0n) is 24.6. The summed E-state index contributed by atoms with van der Waals surface area (Å²) in [6.07, 6.45) is -0.188. The third-order valence-electron chi connectivity index (χ3n) is 8.82. The van der Waals surface area contributed by atoms with Crippen molar-refractivity contribution in [2.45, 2.75) is 6.17 Å². The van der Waals surface area contributed by atoms with Gasteiger partial charge in [-0.25, -0.2) is 9.98 Å². The molecule has 0 saturated heterocycles. The normalized spacial score (nSPS) is 15.2. The Morgan fingerprint density at radius 1 is 0.556 bits per heavy atom. The molecule has 1 aliphatic rings. The number of nitrogens with zero attached hydrogens (tertiary/aromatic N) is 4. The molecule has 0 aliphatic carbocycles. The Kier molecular flexibility index (Phi) is 5.93. The molecule has 4 nitrogen and oxygen atoms in total. The molecule has 1 atom stereocenters. The van der Waals surface area contributed by atoms with Gasteiger partial charge in [-0.3, -0.25) is 0 Å². The van der Waals surface area contributed by atoms with Crippen molar-refractivity contribution in [1.82, 2.24) is 9.47 Å². The molecule has 8 aromatic rings. The van der Waals surface area contributed by atoms with Crippen LogP contribution in [0.3, 0.4) is 0 Å². The molecule has 0 N–H and O–H groups in total. The molecule has 0 bridgehead atoms. The van der Waals surface area contributed by atoms with E-state index in [-0.39, 0.29) is 6.17 Å². The maximum atomic E-state index is 5.24. The molecule has 2 aromatic heterocycles. The first-order valence-corrected chi connectivity index (χ1v) is 16.0. The lowest BCUT2D eigenvalue weighted by Crippen LogP contribution is -2.35. The topological polar surface area (TPSA) is 32.9 Å². The Bertz CT molecular complexity index is 2450. The highest BCUT2D eigenvalue weighted by Gasteiger charge is 2.27. The predicted molar refractivity (Wildman–Crippen MR) is 190 cm³/mol. The van der Waals surface area contributed by atoms with Crippen molar-refractivity contribution >= 4 is 65.0 Å². The number of amidine groups is 2. The van der Waals surface area contributed by atoms with Crippen LogP contribution in [-0.4, -0.2) is 28.2 Å². The quantitative estimate of drug-likeness (QED) is 0.199. The van der Waals surface area contributed by atoms with Crippen molar-refractivity contribution in [1.29, 1.82) is 0 Å². The van der Waals surface area contributed by atoms with Crippen molar-refractivity contribution in [3.8, 4) is 5.69 Å². The summed E-state index contributed by atoms with van der Waals surface area (Å²) in [5, 5.41) is 5.14. The van der Waals surface area contributed by atoms with Crippen LogP contribution < -0.4 is 0 Å². The maximum absolute atomic E-state index is 5.24. The van der Waals surface area contributed by atoms with Gasteiger partial charge in [0.1, 0.15) is 12.0 Å². The van der Waals surface area contributed by atoms with Crippen molar-refractivity contribution in [3.63, 3.8) is 0 Å². The lowest BCUT2D eigenvalue weighted by molar-refractivity contribution is 0.383. The van der Waals surface area contributed by atoms with Crippen LogP contribution in [0, 0.1) is 0 Å². The first-order chi connectivity index (χ1) is 22.2. The van der Waals surface area contributed by atoms with Crippen molar-refractivity contribution in [2.75, 3.05) is 7.05 Å². The summed E-state index contributed by atoms with van der Waals surface area (Å²) in [7, 11) is 2.08. The second-order valence-electron chi connectivity index (χ2n) is 11.5. The molecule has 1 aliphatic heterocycles. The van der Waals surface area contributed by atoms with E-state index in [2.05, 4.69) is 150 Å². The van der Waals surface area contributed by atoms with Crippen LogP contribution in [0.2, 0.25) is 0 Å². The first-order valence-electron chi connectivity index (χ1n) is 15.2. The minimum atomic E-state index is -0.188. The van der Waals surface area contributed by atoms with Gasteiger partial charge in [-0.15, -0.1) is 11.3 Å². The lowest BCUT2D eigenvalue weighted by atomic mass is 10.1. The number of benzene rings is 6. The van der Waals surface area contributed by atoms with Gasteiger partial charge in [-0.2, -0.15) is 0 Å². The fourth-order valence-electron chi connectivity index (χ4n) is 6.69. The molecule has 5 heteroatoms. The Morgan fingerprint density at radius 2 is 1.27 bits per heavy atom. The van der Waals surface area contributed by atoms with Crippen molar-refractivity contribution < 1.29 is 0 Å². The van der Waals surface area contributed by atoms with Gasteiger partial charge in [0.05, 0.1) is 11.0 Å². The number of hydrogen-bond donors (Lipinski definition) is 0. The van der Waals surface area contributed by atoms with Gasteiger partial charge < -0.3 is 9.47 Å². The molecule has 0 amide bonds. The third kappa shape index (κ3) is 4.20. The Balaban J connectivity index is 1.25. The van der Waals surface area contributed by atoms with E-state index in [1.807, 2.05) is 23.5 Å². The van der Waals surface area contributed by atoms with E-state index in [0.29, 0.717) is 0 Å². The van der Waals surface area contributed by atoms with E-state index in [1.54, 1.807) is 0 Å². The largest absolute Gasteiger partial charge is 0.333 e. The van der Waals surface area contributed by atoms with E-state index in [4.69, 9.17) is 9.98 Å². The lowest BCUT2D eigenvalue weighted by Gasteiger charge is -2.32. The Morgan fingerprint density at radius 3 is 2.11 bits per heavy atom. The number of rotatable bonds is 4. The predicted octanol–water partition coefficient (Wildman–Crippen LogP) is 9.99. The smallest absolute Gasteiger partial charge is 0.159 e. The second kappa shape index (κ2) is 10.3. The fraction of sp³-hybridized carbons (Fsp3) is 0.0500. The molecule has 45 heavy (non-hydrogen) atoms. The minimum absolute atomic E-state index is 0.188. The zero-order chi connectivity index (χ0) is 29.9. The number of aliphatic imine (C=N–C) groups is 2. The number of thiophene rings is 1. The Labute approximate surface area is 264 Å². The van der Waals surface area contributed by atoms with Crippen LogP contribution in [0.1, 0.15) is 22.9 Å². The van der Waals surface area contributed by atoms with E-state index >= 15 is 0 Å². The number of fused-ring (bicyclic) bond motifs is 6. The van der Waals surface area contributed by atoms with Crippen LogP contribution >= 0.6 is 11.3 Å². The molecule has 1 unspecified atom stereocenters. The van der Waals surface area contributed by atoms with Gasteiger partial charge in [0.15, 0.2) is 5.84 Å². The highest BCUT2D eigenvalue weighted by molar-refractivity contribution is 7.25. The molecule has 0 fully saturated rings. The Hall–Kier alpha value is -5.52. The SMILES string of the molecule is CN1C(c2ccccc2)=NC(c2cccc(-n3c4ccccc4c4cc5c(cc43)sc3ccccc35)c2)=NC1c1ccccc1. The monoisotopic (exact) mass is 596 g/mol. The van der Waals surface area contributed by atoms with Gasteiger partial charge in [-0.1, -0.05) is 109 Å². The molecular formula is C40H28N4S. The number of hydrogen-bond acceptors (Lipinski definition) is 4. The molecule has 6 aromatic carbocycles. The van der Waals surface area contributed by atoms with Gasteiger partial charge in [0.2, 0.25) is 0 Å². The van der Waals surface area contributed by atoms with Crippen LogP contribution in [0.15, 0.2) is 156 Å². The molecule has 0 spiro atoms. The first kappa shape index (κ1) is 25.9. The second-order valence-corrected chi connectivity index (χ2v) is 12.6. The minimum Gasteiger partial charge on any atom is -0.333 e. The third-order valence-corrected chi connectivity index (χ3v) is 9.95. The summed E-state index contributed by atoms with van der Waals surface area (Å²) in [5.41, 5.74) is 6.67. The van der Waals surface area contributed by atoms with Crippen LogP contribution in [-0.2, 0) is 0 Å². The fourth-order valence-corrected chi connectivity index (χ4v) is 7.81. The van der Waals surface area contributed by atoms with E-state index in [1.165, 1.54) is 42.0 Å². The highest BCUT2D eigenvalue weighted by Crippen LogP contribution is 2.40. The van der Waals surface area contributed by atoms with Crippen molar-refractivity contribution in [2.24, 2.45) is 9.98 Å². The number of para-hydroxylation sites is 1. The van der Waals surface area contributed by atoms with Crippen LogP contribution in [0.4, 0.5) is 0 Å². The molecule has 0 saturated carbocycles. The van der Waals surface area contributed by atoms with Gasteiger partial charge in [0, 0.05) is 54.8 Å².